The number of amides is 2. The molecule has 0 spiro atoms. The number of ether oxygens (including phenoxy) is 1. The number of methoxy groups -OCH3 is 1. The van der Waals surface area contributed by atoms with Crippen LogP contribution in [0.1, 0.15) is 18.7 Å². The van der Waals surface area contributed by atoms with Crippen LogP contribution in [0.15, 0.2) is 48.5 Å². The third kappa shape index (κ3) is 4.96. The van der Waals surface area contributed by atoms with Crippen molar-refractivity contribution in [3.63, 3.8) is 0 Å². The monoisotopic (exact) mass is 422 g/mol. The zero-order chi connectivity index (χ0) is 21.8. The molecule has 2 aromatic carbocycles. The number of aliphatic carboxylic acids is 1. The molecule has 0 aliphatic carbocycles. The van der Waals surface area contributed by atoms with E-state index < -0.39 is 5.97 Å². The number of hydrogen-bond donors (Lipinski definition) is 3. The summed E-state index contributed by atoms with van der Waals surface area (Å²) < 4.78 is 5.27. The molecule has 0 radical (unpaired) electrons. The van der Waals surface area contributed by atoms with Gasteiger partial charge in [0.25, 0.3) is 0 Å². The van der Waals surface area contributed by atoms with Crippen molar-refractivity contribution in [2.24, 2.45) is 11.8 Å². The summed E-state index contributed by atoms with van der Waals surface area (Å²) in [6.45, 7) is 1.02. The number of H-pyrrole nitrogens is 1. The van der Waals surface area contributed by atoms with Gasteiger partial charge in [0, 0.05) is 37.7 Å². The summed E-state index contributed by atoms with van der Waals surface area (Å²) in [5.74, 6) is 0.697. The van der Waals surface area contributed by atoms with Crippen molar-refractivity contribution in [3.8, 4) is 5.75 Å². The van der Waals surface area contributed by atoms with Gasteiger partial charge in [-0.3, -0.25) is 4.79 Å². The van der Waals surface area contributed by atoms with Gasteiger partial charge in [0.2, 0.25) is 0 Å². The SMILES string of the molecule is COc1ccc2nc(C[C@H]3CN(C(=O)Nc4ccccc4)CC[C@H]3CC(=O)O)[nH]c2c1. The van der Waals surface area contributed by atoms with E-state index in [0.29, 0.717) is 25.9 Å². The van der Waals surface area contributed by atoms with Crippen molar-refractivity contribution >= 4 is 28.7 Å². The Hall–Kier alpha value is -3.55. The van der Waals surface area contributed by atoms with Gasteiger partial charge in [-0.1, -0.05) is 18.2 Å². The molecule has 3 N–H and O–H groups in total. The normalized spacial score (nSPS) is 18.7. The molecule has 2 amide bonds. The lowest BCUT2D eigenvalue weighted by Crippen LogP contribution is -2.46. The summed E-state index contributed by atoms with van der Waals surface area (Å²) in [6, 6.07) is 14.8. The fraction of sp³-hybridized carbons (Fsp3) is 0.348. The molecule has 4 rings (SSSR count). The molecule has 162 valence electrons. The number of carboxylic acids is 1. The standard InChI is InChI=1S/C23H26N4O4/c1-31-18-7-8-19-20(13-18)26-21(25-19)11-16-14-27(10-9-15(16)12-22(28)29)23(30)24-17-5-3-2-4-6-17/h2-8,13,15-16H,9-12,14H2,1H3,(H,24,30)(H,25,26)(H,28,29)/t15-,16-/m0/s1. The number of carboxylic acid groups (broad SMARTS) is 1. The maximum atomic E-state index is 12.8. The summed E-state index contributed by atoms with van der Waals surface area (Å²) in [4.78, 5) is 33.9. The average Bonchev–Trinajstić information content (AvgIpc) is 3.16. The molecular weight excluding hydrogens is 396 g/mol. The van der Waals surface area contributed by atoms with E-state index in [0.717, 1.165) is 28.3 Å². The minimum Gasteiger partial charge on any atom is -0.497 e. The lowest BCUT2D eigenvalue weighted by molar-refractivity contribution is -0.139. The molecule has 1 fully saturated rings. The number of urea groups is 1. The van der Waals surface area contributed by atoms with Crippen LogP contribution in [-0.2, 0) is 11.2 Å². The van der Waals surface area contributed by atoms with E-state index in [-0.39, 0.29) is 24.3 Å². The Kier molecular flexibility index (Phi) is 6.06. The van der Waals surface area contributed by atoms with Gasteiger partial charge in [0.1, 0.15) is 11.6 Å². The Labute approximate surface area is 180 Å². The van der Waals surface area contributed by atoms with Crippen molar-refractivity contribution in [3.05, 3.63) is 54.4 Å². The minimum absolute atomic E-state index is 0.00571. The molecular formula is C23H26N4O4. The summed E-state index contributed by atoms with van der Waals surface area (Å²) in [6.07, 6.45) is 1.31. The van der Waals surface area contributed by atoms with E-state index in [1.54, 1.807) is 12.0 Å². The second kappa shape index (κ2) is 9.07. The van der Waals surface area contributed by atoms with E-state index in [9.17, 15) is 14.7 Å². The highest BCUT2D eigenvalue weighted by Crippen LogP contribution is 2.30. The van der Waals surface area contributed by atoms with Gasteiger partial charge in [-0.25, -0.2) is 9.78 Å². The molecule has 3 aromatic rings. The molecule has 8 heteroatoms. The zero-order valence-corrected chi connectivity index (χ0v) is 17.4. The fourth-order valence-electron chi connectivity index (χ4n) is 4.23. The van der Waals surface area contributed by atoms with Crippen molar-refractivity contribution in [2.75, 3.05) is 25.5 Å². The van der Waals surface area contributed by atoms with E-state index >= 15 is 0 Å². The van der Waals surface area contributed by atoms with Crippen molar-refractivity contribution in [2.45, 2.75) is 19.3 Å². The lowest BCUT2D eigenvalue weighted by atomic mass is 9.81. The Morgan fingerprint density at radius 1 is 1.23 bits per heavy atom. The topological polar surface area (TPSA) is 108 Å². The van der Waals surface area contributed by atoms with E-state index in [4.69, 9.17) is 4.74 Å². The maximum absolute atomic E-state index is 12.8. The third-order valence-electron chi connectivity index (χ3n) is 5.83. The largest absolute Gasteiger partial charge is 0.497 e. The van der Waals surface area contributed by atoms with Crippen LogP contribution >= 0.6 is 0 Å². The second-order valence-electron chi connectivity index (χ2n) is 7.92. The Bertz CT molecular complexity index is 1070. The number of carbonyl (C=O) groups excluding carboxylic acids is 1. The lowest BCUT2D eigenvalue weighted by Gasteiger charge is -2.37. The first-order valence-corrected chi connectivity index (χ1v) is 10.4. The van der Waals surface area contributed by atoms with Crippen LogP contribution in [0.3, 0.4) is 0 Å². The average molecular weight is 422 g/mol. The first kappa shape index (κ1) is 20.7. The van der Waals surface area contributed by atoms with Crippen LogP contribution in [0, 0.1) is 11.8 Å². The van der Waals surface area contributed by atoms with Crippen molar-refractivity contribution in [1.82, 2.24) is 14.9 Å². The van der Waals surface area contributed by atoms with E-state index in [2.05, 4.69) is 15.3 Å². The van der Waals surface area contributed by atoms with Gasteiger partial charge in [0.05, 0.1) is 18.1 Å². The van der Waals surface area contributed by atoms with E-state index in [1.165, 1.54) is 0 Å². The van der Waals surface area contributed by atoms with E-state index in [1.807, 2.05) is 48.5 Å². The molecule has 2 heterocycles. The number of likely N-dealkylation sites (tertiary alicyclic amines) is 1. The molecule has 1 aliphatic heterocycles. The van der Waals surface area contributed by atoms with Crippen LogP contribution in [0.25, 0.3) is 11.0 Å². The molecule has 1 aliphatic rings. The fourth-order valence-corrected chi connectivity index (χ4v) is 4.23. The molecule has 1 saturated heterocycles. The number of aromatic amines is 1. The molecule has 0 unspecified atom stereocenters. The number of rotatable bonds is 6. The number of nitrogens with one attached hydrogen (secondary N) is 2. The number of para-hydroxylation sites is 1. The number of imidazole rings is 1. The number of fused-ring (bicyclic) bond motifs is 1. The first-order chi connectivity index (χ1) is 15.0. The molecule has 0 saturated carbocycles. The quantitative estimate of drug-likeness (QED) is 0.561. The first-order valence-electron chi connectivity index (χ1n) is 10.4. The Morgan fingerprint density at radius 2 is 2.03 bits per heavy atom. The predicted octanol–water partition coefficient (Wildman–Crippen LogP) is 3.76. The minimum atomic E-state index is -0.813. The zero-order valence-electron chi connectivity index (χ0n) is 17.4. The second-order valence-corrected chi connectivity index (χ2v) is 7.92. The number of carbonyl (C=O) groups is 2. The molecule has 8 nitrogen and oxygen atoms in total. The number of piperidine rings is 1. The van der Waals surface area contributed by atoms with Crippen LogP contribution in [-0.4, -0.2) is 52.2 Å². The number of anilines is 1. The number of benzene rings is 2. The van der Waals surface area contributed by atoms with Gasteiger partial charge in [0.15, 0.2) is 0 Å². The maximum Gasteiger partial charge on any atom is 0.321 e. The number of hydrogen-bond acceptors (Lipinski definition) is 4. The molecule has 1 aromatic heterocycles. The van der Waals surface area contributed by atoms with Gasteiger partial charge in [-0.05, 0) is 42.5 Å². The van der Waals surface area contributed by atoms with Gasteiger partial charge >= 0.3 is 12.0 Å². The van der Waals surface area contributed by atoms with Gasteiger partial charge in [-0.15, -0.1) is 0 Å². The van der Waals surface area contributed by atoms with Gasteiger partial charge in [-0.2, -0.15) is 0 Å². The molecule has 31 heavy (non-hydrogen) atoms. The molecule has 2 atom stereocenters. The van der Waals surface area contributed by atoms with Crippen LogP contribution in [0.5, 0.6) is 5.75 Å². The third-order valence-corrected chi connectivity index (χ3v) is 5.83. The van der Waals surface area contributed by atoms with Gasteiger partial charge < -0.3 is 25.0 Å². The highest BCUT2D eigenvalue weighted by molar-refractivity contribution is 5.89. The molecule has 0 bridgehead atoms. The summed E-state index contributed by atoms with van der Waals surface area (Å²) in [7, 11) is 1.62. The highest BCUT2D eigenvalue weighted by Gasteiger charge is 2.33. The van der Waals surface area contributed by atoms with Crippen molar-refractivity contribution < 1.29 is 19.4 Å². The summed E-state index contributed by atoms with van der Waals surface area (Å²) >= 11 is 0. The number of nitrogens with zero attached hydrogens (tertiary/aromatic N) is 2. The van der Waals surface area contributed by atoms with Crippen LogP contribution in [0.2, 0.25) is 0 Å². The smallest absolute Gasteiger partial charge is 0.321 e. The number of aromatic nitrogens is 2. The van der Waals surface area contributed by atoms with Crippen molar-refractivity contribution in [1.29, 1.82) is 0 Å². The Morgan fingerprint density at radius 3 is 2.77 bits per heavy atom. The van der Waals surface area contributed by atoms with Crippen LogP contribution in [0.4, 0.5) is 10.5 Å². The predicted molar refractivity (Wildman–Crippen MR) is 117 cm³/mol. The van der Waals surface area contributed by atoms with Crippen LogP contribution < -0.4 is 10.1 Å². The summed E-state index contributed by atoms with van der Waals surface area (Å²) in [5.41, 5.74) is 2.45. The highest BCUT2D eigenvalue weighted by atomic mass is 16.5. The Balaban J connectivity index is 1.50. The summed E-state index contributed by atoms with van der Waals surface area (Å²) in [5, 5.41) is 12.3.